The van der Waals surface area contributed by atoms with Gasteiger partial charge in [-0.25, -0.2) is 0 Å². The number of amides is 1. The van der Waals surface area contributed by atoms with Crippen LogP contribution in [0.3, 0.4) is 0 Å². The Kier molecular flexibility index (Phi) is 5.80. The third kappa shape index (κ3) is 4.61. The second-order valence-corrected chi connectivity index (χ2v) is 5.09. The lowest BCUT2D eigenvalue weighted by atomic mass is 10.1. The monoisotopic (exact) mass is 311 g/mol. The van der Waals surface area contributed by atoms with E-state index in [1.54, 1.807) is 37.5 Å². The van der Waals surface area contributed by atoms with E-state index in [4.69, 9.17) is 9.47 Å². The van der Waals surface area contributed by atoms with Crippen LogP contribution in [0.25, 0.3) is 0 Å². The molecular formula is C19H21NO3. The van der Waals surface area contributed by atoms with Crippen molar-refractivity contribution in [1.82, 2.24) is 5.32 Å². The van der Waals surface area contributed by atoms with E-state index in [2.05, 4.69) is 11.9 Å². The van der Waals surface area contributed by atoms with Crippen molar-refractivity contribution in [3.63, 3.8) is 0 Å². The minimum absolute atomic E-state index is 0.0925. The van der Waals surface area contributed by atoms with Gasteiger partial charge >= 0.3 is 0 Å². The number of methoxy groups -OCH3 is 1. The van der Waals surface area contributed by atoms with Gasteiger partial charge in [0, 0.05) is 5.56 Å². The number of carbonyl (C=O) groups is 1. The zero-order valence-electron chi connectivity index (χ0n) is 13.4. The minimum Gasteiger partial charge on any atom is -0.497 e. The van der Waals surface area contributed by atoms with Gasteiger partial charge in [0.05, 0.1) is 13.2 Å². The van der Waals surface area contributed by atoms with Crippen LogP contribution >= 0.6 is 0 Å². The lowest BCUT2D eigenvalue weighted by Crippen LogP contribution is -2.26. The number of hydrogen-bond acceptors (Lipinski definition) is 3. The van der Waals surface area contributed by atoms with Crippen molar-refractivity contribution in [3.8, 4) is 11.5 Å². The molecule has 0 saturated carbocycles. The largest absolute Gasteiger partial charge is 0.497 e. The van der Waals surface area contributed by atoms with Crippen LogP contribution in [0, 0.1) is 0 Å². The van der Waals surface area contributed by atoms with E-state index in [1.807, 2.05) is 31.2 Å². The smallest absolute Gasteiger partial charge is 0.251 e. The summed E-state index contributed by atoms with van der Waals surface area (Å²) in [5, 5.41) is 2.98. The fraction of sp³-hybridized carbons (Fsp3) is 0.211. The lowest BCUT2D eigenvalue weighted by Gasteiger charge is -2.15. The Balaban J connectivity index is 1.98. The van der Waals surface area contributed by atoms with Crippen LogP contribution in [0.5, 0.6) is 11.5 Å². The van der Waals surface area contributed by atoms with Crippen LogP contribution < -0.4 is 14.8 Å². The molecule has 1 atom stereocenters. The van der Waals surface area contributed by atoms with Gasteiger partial charge in [-0.15, -0.1) is 0 Å². The summed E-state index contributed by atoms with van der Waals surface area (Å²) in [6, 6.07) is 14.6. The average molecular weight is 311 g/mol. The van der Waals surface area contributed by atoms with E-state index in [1.165, 1.54) is 0 Å². The summed E-state index contributed by atoms with van der Waals surface area (Å²) in [7, 11) is 1.63. The van der Waals surface area contributed by atoms with Gasteiger partial charge < -0.3 is 14.8 Å². The first-order chi connectivity index (χ1) is 11.1. The molecule has 0 spiro atoms. The van der Waals surface area contributed by atoms with E-state index >= 15 is 0 Å². The predicted octanol–water partition coefficient (Wildman–Crippen LogP) is 3.75. The Hall–Kier alpha value is -2.75. The van der Waals surface area contributed by atoms with Crippen LogP contribution in [0.1, 0.15) is 28.9 Å². The number of hydrogen-bond donors (Lipinski definition) is 1. The van der Waals surface area contributed by atoms with Gasteiger partial charge in [-0.05, 0) is 48.9 Å². The molecule has 4 nitrogen and oxygen atoms in total. The highest BCUT2D eigenvalue weighted by atomic mass is 16.5. The molecule has 2 aromatic rings. The Morgan fingerprint density at radius 1 is 1.13 bits per heavy atom. The quantitative estimate of drug-likeness (QED) is 0.792. The van der Waals surface area contributed by atoms with Crippen LogP contribution in [0.15, 0.2) is 61.2 Å². The maximum atomic E-state index is 12.3. The SMILES string of the molecule is C=CCOc1ccc(C(=O)N[C@H](C)c2ccc(OC)cc2)cc1. The average Bonchev–Trinajstić information content (AvgIpc) is 2.60. The van der Waals surface area contributed by atoms with Crippen molar-refractivity contribution in [3.05, 3.63) is 72.3 Å². The first-order valence-electron chi connectivity index (χ1n) is 7.42. The van der Waals surface area contributed by atoms with Crippen molar-refractivity contribution in [2.24, 2.45) is 0 Å². The van der Waals surface area contributed by atoms with Gasteiger partial charge in [0.15, 0.2) is 0 Å². The van der Waals surface area contributed by atoms with Crippen LogP contribution in [-0.4, -0.2) is 19.6 Å². The Bertz CT molecular complexity index is 647. The number of carbonyl (C=O) groups excluding carboxylic acids is 1. The fourth-order valence-corrected chi connectivity index (χ4v) is 2.11. The minimum atomic E-state index is -0.122. The zero-order valence-corrected chi connectivity index (χ0v) is 13.4. The van der Waals surface area contributed by atoms with Gasteiger partial charge in [-0.1, -0.05) is 24.8 Å². The van der Waals surface area contributed by atoms with Crippen LogP contribution in [-0.2, 0) is 0 Å². The molecule has 2 rings (SSSR count). The van der Waals surface area contributed by atoms with E-state index < -0.39 is 0 Å². The standard InChI is InChI=1S/C19H21NO3/c1-4-13-23-18-11-7-16(8-12-18)19(21)20-14(2)15-5-9-17(22-3)10-6-15/h4-12,14H,1,13H2,2-3H3,(H,20,21)/t14-/m1/s1. The van der Waals surface area contributed by atoms with Crippen molar-refractivity contribution < 1.29 is 14.3 Å². The molecule has 0 heterocycles. The first kappa shape index (κ1) is 16.6. The number of ether oxygens (including phenoxy) is 2. The normalized spacial score (nSPS) is 11.4. The molecular weight excluding hydrogens is 290 g/mol. The maximum absolute atomic E-state index is 12.3. The summed E-state index contributed by atoms with van der Waals surface area (Å²) in [5.41, 5.74) is 1.61. The third-order valence-electron chi connectivity index (χ3n) is 3.45. The third-order valence-corrected chi connectivity index (χ3v) is 3.45. The van der Waals surface area contributed by atoms with Crippen molar-refractivity contribution in [2.45, 2.75) is 13.0 Å². The highest BCUT2D eigenvalue weighted by Gasteiger charge is 2.11. The molecule has 0 aromatic heterocycles. The molecule has 0 aliphatic rings. The van der Waals surface area contributed by atoms with E-state index in [9.17, 15) is 4.79 Å². The molecule has 0 bridgehead atoms. The summed E-state index contributed by atoms with van der Waals surface area (Å²) in [6.07, 6.45) is 1.68. The summed E-state index contributed by atoms with van der Waals surface area (Å²) in [6.45, 7) is 5.99. The molecule has 23 heavy (non-hydrogen) atoms. The molecule has 0 fully saturated rings. The summed E-state index contributed by atoms with van der Waals surface area (Å²) in [4.78, 5) is 12.3. The molecule has 2 aromatic carbocycles. The van der Waals surface area contributed by atoms with Crippen LogP contribution in [0.4, 0.5) is 0 Å². The summed E-state index contributed by atoms with van der Waals surface area (Å²) in [5.74, 6) is 1.38. The van der Waals surface area contributed by atoms with Gasteiger partial charge in [0.2, 0.25) is 0 Å². The first-order valence-corrected chi connectivity index (χ1v) is 7.42. The summed E-state index contributed by atoms with van der Waals surface area (Å²) < 4.78 is 10.5. The summed E-state index contributed by atoms with van der Waals surface area (Å²) >= 11 is 0. The Morgan fingerprint density at radius 3 is 2.30 bits per heavy atom. The number of rotatable bonds is 7. The molecule has 4 heteroatoms. The maximum Gasteiger partial charge on any atom is 0.251 e. The van der Waals surface area contributed by atoms with Gasteiger partial charge in [0.1, 0.15) is 18.1 Å². The second kappa shape index (κ2) is 8.03. The number of nitrogens with one attached hydrogen (secondary N) is 1. The highest BCUT2D eigenvalue weighted by molar-refractivity contribution is 5.94. The zero-order chi connectivity index (χ0) is 16.7. The van der Waals surface area contributed by atoms with E-state index in [0.29, 0.717) is 17.9 Å². The van der Waals surface area contributed by atoms with Crippen LogP contribution in [0.2, 0.25) is 0 Å². The molecule has 120 valence electrons. The molecule has 1 amide bonds. The lowest BCUT2D eigenvalue weighted by molar-refractivity contribution is 0.0940. The Morgan fingerprint density at radius 2 is 1.74 bits per heavy atom. The second-order valence-electron chi connectivity index (χ2n) is 5.09. The fourth-order valence-electron chi connectivity index (χ4n) is 2.11. The molecule has 1 N–H and O–H groups in total. The topological polar surface area (TPSA) is 47.6 Å². The molecule has 0 unspecified atom stereocenters. The molecule has 0 aliphatic heterocycles. The molecule has 0 saturated heterocycles. The highest BCUT2D eigenvalue weighted by Crippen LogP contribution is 2.18. The van der Waals surface area contributed by atoms with E-state index in [-0.39, 0.29) is 11.9 Å². The van der Waals surface area contributed by atoms with Gasteiger partial charge in [0.25, 0.3) is 5.91 Å². The molecule has 0 aliphatic carbocycles. The van der Waals surface area contributed by atoms with Crippen molar-refractivity contribution in [2.75, 3.05) is 13.7 Å². The van der Waals surface area contributed by atoms with Gasteiger partial charge in [-0.2, -0.15) is 0 Å². The van der Waals surface area contributed by atoms with Crippen molar-refractivity contribution in [1.29, 1.82) is 0 Å². The number of benzene rings is 2. The Labute approximate surface area is 136 Å². The van der Waals surface area contributed by atoms with Gasteiger partial charge in [-0.3, -0.25) is 4.79 Å². The molecule has 0 radical (unpaired) electrons. The van der Waals surface area contributed by atoms with E-state index in [0.717, 1.165) is 11.3 Å². The van der Waals surface area contributed by atoms with Crippen molar-refractivity contribution >= 4 is 5.91 Å². The predicted molar refractivity (Wildman–Crippen MR) is 91.0 cm³/mol.